The first kappa shape index (κ1) is 13.8. The number of nitriles is 1. The molecule has 0 aliphatic rings. The van der Waals surface area contributed by atoms with Crippen molar-refractivity contribution >= 4 is 15.7 Å². The number of phenolic OH excluding ortho intramolecular Hbond substituents is 1. The minimum atomic E-state index is -3.92. The molecule has 0 spiro atoms. The van der Waals surface area contributed by atoms with Gasteiger partial charge in [0.05, 0.1) is 22.2 Å². The number of anilines is 1. The van der Waals surface area contributed by atoms with Gasteiger partial charge in [-0.1, -0.05) is 0 Å². The molecule has 0 unspecified atom stereocenters. The van der Waals surface area contributed by atoms with E-state index in [0.29, 0.717) is 5.56 Å². The zero-order valence-electron chi connectivity index (χ0n) is 10.0. The van der Waals surface area contributed by atoms with Gasteiger partial charge >= 0.3 is 0 Å². The summed E-state index contributed by atoms with van der Waals surface area (Å²) in [5.41, 5.74) is 0.198. The van der Waals surface area contributed by atoms with Gasteiger partial charge < -0.3 is 5.11 Å². The molecule has 5 nitrogen and oxygen atoms in total. The first-order valence-corrected chi connectivity index (χ1v) is 6.92. The summed E-state index contributed by atoms with van der Waals surface area (Å²) in [6.07, 6.45) is 0. The van der Waals surface area contributed by atoms with Crippen molar-refractivity contribution in [3.63, 3.8) is 0 Å². The number of nitrogens with one attached hydrogen (secondary N) is 1. The van der Waals surface area contributed by atoms with E-state index in [4.69, 9.17) is 5.26 Å². The van der Waals surface area contributed by atoms with Gasteiger partial charge in [-0.3, -0.25) is 4.72 Å². The molecule has 0 heterocycles. The molecular weight excluding hydrogens is 283 g/mol. The van der Waals surface area contributed by atoms with Crippen LogP contribution in [0.2, 0.25) is 0 Å². The van der Waals surface area contributed by atoms with Crippen molar-refractivity contribution < 1.29 is 17.9 Å². The maximum Gasteiger partial charge on any atom is 0.262 e. The lowest BCUT2D eigenvalue weighted by Crippen LogP contribution is -2.13. The lowest BCUT2D eigenvalue weighted by molar-refractivity contribution is 0.471. The van der Waals surface area contributed by atoms with Gasteiger partial charge in [-0.2, -0.15) is 5.26 Å². The highest BCUT2D eigenvalue weighted by Crippen LogP contribution is 2.26. The van der Waals surface area contributed by atoms with Crippen molar-refractivity contribution in [3.8, 4) is 11.8 Å². The van der Waals surface area contributed by atoms with E-state index in [1.54, 1.807) is 0 Å². The third-order valence-electron chi connectivity index (χ3n) is 2.50. The Morgan fingerprint density at radius 1 is 1.15 bits per heavy atom. The van der Waals surface area contributed by atoms with Crippen LogP contribution in [0.5, 0.6) is 5.75 Å². The minimum absolute atomic E-state index is 0.0692. The van der Waals surface area contributed by atoms with Gasteiger partial charge in [0.1, 0.15) is 11.6 Å². The third kappa shape index (κ3) is 2.87. The molecule has 2 aromatic rings. The van der Waals surface area contributed by atoms with Crippen molar-refractivity contribution in [2.45, 2.75) is 4.90 Å². The summed E-state index contributed by atoms with van der Waals surface area (Å²) in [6.45, 7) is 0. The molecule has 0 aliphatic heterocycles. The van der Waals surface area contributed by atoms with E-state index < -0.39 is 21.6 Å². The molecule has 0 bridgehead atoms. The molecule has 2 aromatic carbocycles. The molecule has 0 radical (unpaired) electrons. The van der Waals surface area contributed by atoms with Crippen molar-refractivity contribution in [1.82, 2.24) is 0 Å². The standard InChI is InChI=1S/C13H9FN2O3S/c14-10-3-6-12(13(17)7-10)16-20(18,19)11-4-1-9(8-15)2-5-11/h1-7,16-17H. The van der Waals surface area contributed by atoms with Crippen molar-refractivity contribution in [2.24, 2.45) is 0 Å². The number of halogens is 1. The average Bonchev–Trinajstić information content (AvgIpc) is 2.42. The summed E-state index contributed by atoms with van der Waals surface area (Å²) < 4.78 is 39.0. The minimum Gasteiger partial charge on any atom is -0.506 e. The molecule has 0 atom stereocenters. The van der Waals surface area contributed by atoms with Gasteiger partial charge in [0.25, 0.3) is 10.0 Å². The highest BCUT2D eigenvalue weighted by Gasteiger charge is 2.16. The van der Waals surface area contributed by atoms with Crippen molar-refractivity contribution in [2.75, 3.05) is 4.72 Å². The maximum absolute atomic E-state index is 12.8. The molecule has 0 aromatic heterocycles. The number of phenols is 1. The predicted molar refractivity (Wildman–Crippen MR) is 70.0 cm³/mol. The van der Waals surface area contributed by atoms with Gasteiger partial charge in [-0.15, -0.1) is 0 Å². The van der Waals surface area contributed by atoms with Crippen LogP contribution in [0, 0.1) is 17.1 Å². The molecule has 7 heteroatoms. The number of hydrogen-bond acceptors (Lipinski definition) is 4. The van der Waals surface area contributed by atoms with Gasteiger partial charge in [-0.25, -0.2) is 12.8 Å². The molecule has 0 amide bonds. The van der Waals surface area contributed by atoms with E-state index in [-0.39, 0.29) is 10.6 Å². The van der Waals surface area contributed by atoms with Crippen LogP contribution in [0.3, 0.4) is 0 Å². The largest absolute Gasteiger partial charge is 0.506 e. The summed E-state index contributed by atoms with van der Waals surface area (Å²) >= 11 is 0. The lowest BCUT2D eigenvalue weighted by atomic mass is 10.2. The van der Waals surface area contributed by atoms with Crippen LogP contribution in [-0.4, -0.2) is 13.5 Å². The number of rotatable bonds is 3. The number of benzene rings is 2. The first-order valence-electron chi connectivity index (χ1n) is 5.44. The Hall–Kier alpha value is -2.59. The number of sulfonamides is 1. The van der Waals surface area contributed by atoms with Crippen LogP contribution in [-0.2, 0) is 10.0 Å². The Labute approximate surface area is 115 Å². The Morgan fingerprint density at radius 2 is 1.80 bits per heavy atom. The molecule has 20 heavy (non-hydrogen) atoms. The van der Waals surface area contributed by atoms with Crippen LogP contribution in [0.15, 0.2) is 47.4 Å². The van der Waals surface area contributed by atoms with E-state index in [1.165, 1.54) is 24.3 Å². The fourth-order valence-electron chi connectivity index (χ4n) is 1.50. The highest BCUT2D eigenvalue weighted by atomic mass is 32.2. The fourth-order valence-corrected chi connectivity index (χ4v) is 2.58. The summed E-state index contributed by atoms with van der Waals surface area (Å²) in [4.78, 5) is -0.0692. The van der Waals surface area contributed by atoms with Gasteiger partial charge in [-0.05, 0) is 36.4 Å². The highest BCUT2D eigenvalue weighted by molar-refractivity contribution is 7.92. The molecule has 0 saturated heterocycles. The summed E-state index contributed by atoms with van der Waals surface area (Å²) in [7, 11) is -3.92. The quantitative estimate of drug-likeness (QED) is 0.849. The molecule has 2 N–H and O–H groups in total. The van der Waals surface area contributed by atoms with Crippen molar-refractivity contribution in [1.29, 1.82) is 5.26 Å². The van der Waals surface area contributed by atoms with Crippen LogP contribution in [0.4, 0.5) is 10.1 Å². The van der Waals surface area contributed by atoms with E-state index in [1.807, 2.05) is 6.07 Å². The third-order valence-corrected chi connectivity index (χ3v) is 3.88. The second-order valence-electron chi connectivity index (χ2n) is 3.90. The summed E-state index contributed by atoms with van der Waals surface area (Å²) in [5, 5.41) is 18.1. The van der Waals surface area contributed by atoms with Crippen LogP contribution < -0.4 is 4.72 Å². The normalized spacial score (nSPS) is 10.8. The van der Waals surface area contributed by atoms with E-state index in [0.717, 1.165) is 18.2 Å². The Morgan fingerprint density at radius 3 is 2.35 bits per heavy atom. The monoisotopic (exact) mass is 292 g/mol. The summed E-state index contributed by atoms with van der Waals surface area (Å²) in [6, 6.07) is 10.1. The van der Waals surface area contributed by atoms with Crippen molar-refractivity contribution in [3.05, 3.63) is 53.8 Å². The topological polar surface area (TPSA) is 90.2 Å². The zero-order valence-corrected chi connectivity index (χ0v) is 10.9. The Kier molecular flexibility index (Phi) is 3.59. The SMILES string of the molecule is N#Cc1ccc(S(=O)(=O)Nc2ccc(F)cc2O)cc1. The lowest BCUT2D eigenvalue weighted by Gasteiger charge is -2.09. The fraction of sp³-hybridized carbons (Fsp3) is 0. The molecular formula is C13H9FN2O3S. The van der Waals surface area contributed by atoms with Gasteiger partial charge in [0, 0.05) is 6.07 Å². The zero-order chi connectivity index (χ0) is 14.8. The second kappa shape index (κ2) is 5.19. The van der Waals surface area contributed by atoms with Gasteiger partial charge in [0.15, 0.2) is 0 Å². The second-order valence-corrected chi connectivity index (χ2v) is 5.59. The summed E-state index contributed by atoms with van der Waals surface area (Å²) in [5.74, 6) is -1.19. The Bertz CT molecular complexity index is 780. The average molecular weight is 292 g/mol. The molecule has 0 fully saturated rings. The Balaban J connectivity index is 2.33. The van der Waals surface area contributed by atoms with E-state index >= 15 is 0 Å². The molecule has 2 rings (SSSR count). The number of aromatic hydroxyl groups is 1. The molecule has 0 aliphatic carbocycles. The predicted octanol–water partition coefficient (Wildman–Crippen LogP) is 2.20. The number of hydrogen-bond donors (Lipinski definition) is 2. The number of nitrogens with zero attached hydrogens (tertiary/aromatic N) is 1. The van der Waals surface area contributed by atoms with E-state index in [2.05, 4.69) is 4.72 Å². The molecule has 102 valence electrons. The van der Waals surface area contributed by atoms with Crippen LogP contribution >= 0.6 is 0 Å². The first-order chi connectivity index (χ1) is 9.42. The maximum atomic E-state index is 12.8. The van der Waals surface area contributed by atoms with Crippen LogP contribution in [0.1, 0.15) is 5.56 Å². The van der Waals surface area contributed by atoms with E-state index in [9.17, 15) is 17.9 Å². The van der Waals surface area contributed by atoms with Crippen LogP contribution in [0.25, 0.3) is 0 Å². The van der Waals surface area contributed by atoms with Gasteiger partial charge in [0.2, 0.25) is 0 Å². The molecule has 0 saturated carbocycles. The smallest absolute Gasteiger partial charge is 0.262 e.